The molecule has 20 heavy (non-hydrogen) atoms. The van der Waals surface area contributed by atoms with Crippen molar-refractivity contribution in [3.05, 3.63) is 18.1 Å². The number of nitrogens with zero attached hydrogens (tertiary/aromatic N) is 4. The highest BCUT2D eigenvalue weighted by molar-refractivity contribution is 5.73. The fourth-order valence-corrected chi connectivity index (χ4v) is 1.83. The van der Waals surface area contributed by atoms with Gasteiger partial charge in [-0.05, 0) is 13.0 Å². The molecule has 1 unspecified atom stereocenters. The van der Waals surface area contributed by atoms with Crippen molar-refractivity contribution >= 4 is 11.8 Å². The third-order valence-corrected chi connectivity index (χ3v) is 2.76. The quantitative estimate of drug-likeness (QED) is 0.896. The number of likely N-dealkylation sites (N-methyl/N-ethyl adjacent to an activating group) is 1. The summed E-state index contributed by atoms with van der Waals surface area (Å²) in [5.74, 6) is -0.949. The highest BCUT2D eigenvalue weighted by Crippen LogP contribution is 2.27. The molecule has 110 valence electrons. The van der Waals surface area contributed by atoms with Crippen molar-refractivity contribution in [2.45, 2.75) is 19.1 Å². The van der Waals surface area contributed by atoms with Crippen molar-refractivity contribution in [1.29, 1.82) is 0 Å². The molecule has 6 nitrogen and oxygen atoms in total. The molecule has 0 amide bonds. The van der Waals surface area contributed by atoms with Gasteiger partial charge in [0.25, 0.3) is 6.02 Å². The molecule has 0 aliphatic carbocycles. The smallest absolute Gasteiger partial charge is 0.451 e. The molecule has 0 radical (unpaired) electrons. The monoisotopic (exact) mass is 289 g/mol. The highest BCUT2D eigenvalue weighted by atomic mass is 19.4. The molecule has 0 fully saturated rings. The number of nitrogens with two attached hydrogens (primary N) is 1. The van der Waals surface area contributed by atoms with Crippen LogP contribution in [0.3, 0.4) is 0 Å². The van der Waals surface area contributed by atoms with E-state index in [0.29, 0.717) is 19.7 Å². The average Bonchev–Trinajstić information content (AvgIpc) is 2.81. The molecule has 2 heterocycles. The van der Waals surface area contributed by atoms with Gasteiger partial charge >= 0.3 is 6.18 Å². The predicted molar refractivity (Wildman–Crippen MR) is 66.3 cm³/mol. The average molecular weight is 289 g/mol. The Morgan fingerprint density at radius 1 is 1.50 bits per heavy atom. The van der Waals surface area contributed by atoms with Crippen LogP contribution >= 0.6 is 0 Å². The molecule has 0 saturated carbocycles. The van der Waals surface area contributed by atoms with Gasteiger partial charge in [-0.25, -0.2) is 15.0 Å². The lowest BCUT2D eigenvalue weighted by Gasteiger charge is -2.23. The Morgan fingerprint density at radius 2 is 2.25 bits per heavy atom. The van der Waals surface area contributed by atoms with E-state index in [9.17, 15) is 13.2 Å². The van der Waals surface area contributed by atoms with Gasteiger partial charge in [0, 0.05) is 19.3 Å². The molecule has 2 rings (SSSR count). The normalized spacial score (nSPS) is 18.6. The lowest BCUT2D eigenvalue weighted by atomic mass is 10.3. The topological polar surface area (TPSA) is 76.6 Å². The van der Waals surface area contributed by atoms with E-state index < -0.39 is 12.0 Å². The summed E-state index contributed by atoms with van der Waals surface area (Å²) < 4.78 is 42.8. The number of aromatic nitrogens is 2. The van der Waals surface area contributed by atoms with Crippen LogP contribution in [0.5, 0.6) is 0 Å². The number of hydrogen-bond donors (Lipinski definition) is 1. The van der Waals surface area contributed by atoms with Crippen LogP contribution in [-0.4, -0.2) is 41.7 Å². The number of ether oxygens (including phenoxy) is 1. The van der Waals surface area contributed by atoms with Gasteiger partial charge in [-0.3, -0.25) is 0 Å². The zero-order valence-corrected chi connectivity index (χ0v) is 10.8. The van der Waals surface area contributed by atoms with E-state index in [1.807, 2.05) is 6.92 Å². The Bertz CT molecular complexity index is 505. The summed E-state index contributed by atoms with van der Waals surface area (Å²) in [6, 6.07) is 1.32. The summed E-state index contributed by atoms with van der Waals surface area (Å²) in [6.07, 6.45) is -3.47. The first-order valence-electron chi connectivity index (χ1n) is 6.01. The number of aliphatic imine (C=N–C) groups is 1. The molecular formula is C11H14F3N5O. The minimum Gasteiger partial charge on any atom is -0.463 e. The summed E-state index contributed by atoms with van der Waals surface area (Å²) >= 11 is 0. The minimum atomic E-state index is -4.56. The molecule has 1 aromatic heterocycles. The first-order chi connectivity index (χ1) is 9.40. The summed E-state index contributed by atoms with van der Waals surface area (Å²) in [5.41, 5.74) is 5.40. The second-order valence-electron chi connectivity index (χ2n) is 4.21. The number of halogens is 3. The molecule has 0 spiro atoms. The first kappa shape index (κ1) is 14.4. The van der Waals surface area contributed by atoms with E-state index in [1.165, 1.54) is 6.07 Å². The van der Waals surface area contributed by atoms with Gasteiger partial charge in [0.1, 0.15) is 18.5 Å². The Kier molecular flexibility index (Phi) is 3.96. The lowest BCUT2D eigenvalue weighted by molar-refractivity contribution is -0.144. The number of hydrogen-bond acceptors (Lipinski definition) is 6. The van der Waals surface area contributed by atoms with Crippen molar-refractivity contribution < 1.29 is 17.9 Å². The molecule has 1 aliphatic heterocycles. The Balaban J connectivity index is 2.15. The van der Waals surface area contributed by atoms with Gasteiger partial charge in [0.05, 0.1) is 0 Å². The van der Waals surface area contributed by atoms with Crippen molar-refractivity contribution in [3.8, 4) is 0 Å². The van der Waals surface area contributed by atoms with Crippen LogP contribution in [0, 0.1) is 0 Å². The number of anilines is 1. The lowest BCUT2D eigenvalue weighted by Crippen LogP contribution is -2.33. The summed E-state index contributed by atoms with van der Waals surface area (Å²) in [4.78, 5) is 12.5. The minimum absolute atomic E-state index is 0.102. The van der Waals surface area contributed by atoms with Crippen molar-refractivity contribution in [3.63, 3.8) is 0 Å². The van der Waals surface area contributed by atoms with Crippen LogP contribution in [0.25, 0.3) is 0 Å². The van der Waals surface area contributed by atoms with Gasteiger partial charge in [0.15, 0.2) is 0 Å². The largest absolute Gasteiger partial charge is 0.463 e. The third kappa shape index (κ3) is 3.28. The maximum absolute atomic E-state index is 12.6. The maximum atomic E-state index is 12.6. The van der Waals surface area contributed by atoms with Crippen molar-refractivity contribution in [1.82, 2.24) is 9.97 Å². The van der Waals surface area contributed by atoms with E-state index in [-0.39, 0.29) is 17.9 Å². The molecular weight excluding hydrogens is 275 g/mol. The van der Waals surface area contributed by atoms with Crippen LogP contribution in [0.4, 0.5) is 19.0 Å². The van der Waals surface area contributed by atoms with E-state index in [0.717, 1.165) is 6.20 Å². The Morgan fingerprint density at radius 3 is 2.80 bits per heavy atom. The molecule has 1 atom stereocenters. The predicted octanol–water partition coefficient (Wildman–Crippen LogP) is 1.04. The van der Waals surface area contributed by atoms with Crippen LogP contribution in [0.15, 0.2) is 17.3 Å². The summed E-state index contributed by atoms with van der Waals surface area (Å²) in [5, 5.41) is 0. The van der Waals surface area contributed by atoms with Crippen LogP contribution < -0.4 is 10.6 Å². The fraction of sp³-hybridized carbons (Fsp3) is 0.545. The van der Waals surface area contributed by atoms with Crippen molar-refractivity contribution in [2.24, 2.45) is 10.7 Å². The SMILES string of the molecule is CCN(CC1COC(N)=N1)c1ccnc(C(F)(F)F)n1. The fourth-order valence-electron chi connectivity index (χ4n) is 1.83. The van der Waals surface area contributed by atoms with Gasteiger partial charge in [-0.1, -0.05) is 0 Å². The van der Waals surface area contributed by atoms with E-state index in [4.69, 9.17) is 10.5 Å². The Labute approximate surface area is 113 Å². The highest BCUT2D eigenvalue weighted by Gasteiger charge is 2.35. The standard InChI is InChI=1S/C11H14F3N5O/c1-2-19(5-7-6-20-10(15)17-7)8-3-4-16-9(18-8)11(12,13)14/h3-4,7H,2,5-6H2,1H3,(H2,15,17). The number of amidine groups is 1. The second kappa shape index (κ2) is 5.51. The molecule has 2 N–H and O–H groups in total. The molecule has 9 heteroatoms. The summed E-state index contributed by atoms with van der Waals surface area (Å²) in [6.45, 7) is 3.00. The molecule has 1 aromatic rings. The zero-order valence-electron chi connectivity index (χ0n) is 10.8. The van der Waals surface area contributed by atoms with Crippen molar-refractivity contribution in [2.75, 3.05) is 24.6 Å². The molecule has 0 saturated heterocycles. The van der Waals surface area contributed by atoms with Gasteiger partial charge in [0.2, 0.25) is 5.82 Å². The van der Waals surface area contributed by atoms with Gasteiger partial charge in [-0.2, -0.15) is 13.2 Å². The van der Waals surface area contributed by atoms with Gasteiger partial charge in [-0.15, -0.1) is 0 Å². The number of alkyl halides is 3. The number of rotatable bonds is 4. The van der Waals surface area contributed by atoms with Crippen LogP contribution in [-0.2, 0) is 10.9 Å². The zero-order chi connectivity index (χ0) is 14.8. The first-order valence-corrected chi connectivity index (χ1v) is 6.01. The van der Waals surface area contributed by atoms with Crippen LogP contribution in [0.2, 0.25) is 0 Å². The summed E-state index contributed by atoms with van der Waals surface area (Å²) in [7, 11) is 0. The molecule has 0 bridgehead atoms. The van der Waals surface area contributed by atoms with E-state index in [1.54, 1.807) is 4.90 Å². The van der Waals surface area contributed by atoms with Crippen LogP contribution in [0.1, 0.15) is 12.7 Å². The Hall–Kier alpha value is -2.06. The third-order valence-electron chi connectivity index (χ3n) is 2.76. The van der Waals surface area contributed by atoms with E-state index >= 15 is 0 Å². The van der Waals surface area contributed by atoms with E-state index in [2.05, 4.69) is 15.0 Å². The molecule has 0 aromatic carbocycles. The molecule has 1 aliphatic rings. The van der Waals surface area contributed by atoms with Gasteiger partial charge < -0.3 is 15.4 Å². The second-order valence-corrected chi connectivity index (χ2v) is 4.21. The maximum Gasteiger partial charge on any atom is 0.451 e.